The summed E-state index contributed by atoms with van der Waals surface area (Å²) in [6.45, 7) is 7.79. The predicted molar refractivity (Wildman–Crippen MR) is 72.8 cm³/mol. The van der Waals surface area contributed by atoms with Crippen LogP contribution in [0.2, 0.25) is 0 Å². The number of nitrogens with zero attached hydrogens (tertiary/aromatic N) is 1. The van der Waals surface area contributed by atoms with Crippen LogP contribution in [-0.4, -0.2) is 24.0 Å². The number of rotatable bonds is 4. The van der Waals surface area contributed by atoms with Crippen LogP contribution >= 0.6 is 0 Å². The van der Waals surface area contributed by atoms with Crippen molar-refractivity contribution in [3.05, 3.63) is 35.4 Å². The minimum Gasteiger partial charge on any atom is -0.328 e. The normalized spacial score (nSPS) is 22.9. The van der Waals surface area contributed by atoms with Gasteiger partial charge in [-0.05, 0) is 44.7 Å². The number of likely N-dealkylation sites (tertiary alicyclic amines) is 1. The molecule has 1 fully saturated rings. The first-order chi connectivity index (χ1) is 8.13. The van der Waals surface area contributed by atoms with Gasteiger partial charge in [0.1, 0.15) is 0 Å². The van der Waals surface area contributed by atoms with Crippen molar-refractivity contribution in [2.24, 2.45) is 11.7 Å². The monoisotopic (exact) mass is 232 g/mol. The van der Waals surface area contributed by atoms with Gasteiger partial charge in [0.05, 0.1) is 0 Å². The van der Waals surface area contributed by atoms with Gasteiger partial charge in [-0.2, -0.15) is 0 Å². The highest BCUT2D eigenvalue weighted by Gasteiger charge is 2.22. The fourth-order valence-corrected chi connectivity index (χ4v) is 2.73. The average molecular weight is 232 g/mol. The van der Waals surface area contributed by atoms with Crippen LogP contribution < -0.4 is 5.73 Å². The highest BCUT2D eigenvalue weighted by atomic mass is 15.1. The van der Waals surface area contributed by atoms with E-state index in [9.17, 15) is 0 Å². The lowest BCUT2D eigenvalue weighted by Gasteiger charge is -2.17. The third-order valence-corrected chi connectivity index (χ3v) is 3.60. The fraction of sp³-hybridized carbons (Fsp3) is 0.600. The van der Waals surface area contributed by atoms with Crippen LogP contribution in [0.1, 0.15) is 30.9 Å². The number of benzene rings is 1. The van der Waals surface area contributed by atoms with Crippen LogP contribution in [0.15, 0.2) is 24.3 Å². The van der Waals surface area contributed by atoms with Gasteiger partial charge >= 0.3 is 0 Å². The molecular formula is C15H24N2. The first-order valence-electron chi connectivity index (χ1n) is 6.67. The molecule has 2 heteroatoms. The standard InChI is InChI=1S/C15H24N2/c1-12-3-5-14(6-4-12)10-17-8-7-15(11-17)9-13(2)16/h3-6,13,15H,7-11,16H2,1-2H3. The Balaban J connectivity index is 1.83. The van der Waals surface area contributed by atoms with Crippen molar-refractivity contribution in [1.29, 1.82) is 0 Å². The highest BCUT2D eigenvalue weighted by molar-refractivity contribution is 5.21. The van der Waals surface area contributed by atoms with Crippen LogP contribution in [0.3, 0.4) is 0 Å². The van der Waals surface area contributed by atoms with Crippen LogP contribution in [0.4, 0.5) is 0 Å². The quantitative estimate of drug-likeness (QED) is 0.864. The lowest BCUT2D eigenvalue weighted by molar-refractivity contribution is 0.310. The molecule has 1 aromatic carbocycles. The highest BCUT2D eigenvalue weighted by Crippen LogP contribution is 2.22. The van der Waals surface area contributed by atoms with E-state index in [4.69, 9.17) is 5.73 Å². The molecule has 17 heavy (non-hydrogen) atoms. The van der Waals surface area contributed by atoms with Gasteiger partial charge in [0.2, 0.25) is 0 Å². The molecule has 2 atom stereocenters. The smallest absolute Gasteiger partial charge is 0.0233 e. The Bertz CT molecular complexity index is 342. The maximum atomic E-state index is 5.87. The summed E-state index contributed by atoms with van der Waals surface area (Å²) in [5, 5.41) is 0. The zero-order chi connectivity index (χ0) is 12.3. The summed E-state index contributed by atoms with van der Waals surface area (Å²) in [7, 11) is 0. The zero-order valence-electron chi connectivity index (χ0n) is 11.0. The summed E-state index contributed by atoms with van der Waals surface area (Å²) in [5.74, 6) is 0.806. The lowest BCUT2D eigenvalue weighted by Crippen LogP contribution is -2.23. The molecule has 1 aliphatic heterocycles. The lowest BCUT2D eigenvalue weighted by atomic mass is 10.0. The largest absolute Gasteiger partial charge is 0.328 e. The van der Waals surface area contributed by atoms with Crippen LogP contribution in [0.25, 0.3) is 0 Å². The van der Waals surface area contributed by atoms with Crippen molar-refractivity contribution in [1.82, 2.24) is 4.90 Å². The number of nitrogens with two attached hydrogens (primary N) is 1. The summed E-state index contributed by atoms with van der Waals surface area (Å²) in [5.41, 5.74) is 8.63. The molecule has 0 bridgehead atoms. The van der Waals surface area contributed by atoms with Crippen molar-refractivity contribution in [2.75, 3.05) is 13.1 Å². The number of hydrogen-bond donors (Lipinski definition) is 1. The van der Waals surface area contributed by atoms with E-state index in [0.29, 0.717) is 6.04 Å². The molecule has 0 aromatic heterocycles. The van der Waals surface area contributed by atoms with E-state index < -0.39 is 0 Å². The molecule has 1 aliphatic rings. The second-order valence-electron chi connectivity index (χ2n) is 5.59. The molecule has 0 aliphatic carbocycles. The first kappa shape index (κ1) is 12.6. The first-order valence-corrected chi connectivity index (χ1v) is 6.67. The molecule has 0 saturated carbocycles. The van der Waals surface area contributed by atoms with E-state index in [1.54, 1.807) is 0 Å². The summed E-state index contributed by atoms with van der Waals surface area (Å²) in [6.07, 6.45) is 2.48. The van der Waals surface area contributed by atoms with Gasteiger partial charge in [-0.3, -0.25) is 4.90 Å². The Hall–Kier alpha value is -0.860. The maximum Gasteiger partial charge on any atom is 0.0233 e. The fourth-order valence-electron chi connectivity index (χ4n) is 2.73. The molecular weight excluding hydrogens is 208 g/mol. The summed E-state index contributed by atoms with van der Waals surface area (Å²) in [6, 6.07) is 9.23. The predicted octanol–water partition coefficient (Wildman–Crippen LogP) is 2.55. The van der Waals surface area contributed by atoms with Crippen LogP contribution in [0, 0.1) is 12.8 Å². The van der Waals surface area contributed by atoms with Crippen LogP contribution in [0.5, 0.6) is 0 Å². The summed E-state index contributed by atoms with van der Waals surface area (Å²) >= 11 is 0. The Morgan fingerprint density at radius 3 is 2.71 bits per heavy atom. The van der Waals surface area contributed by atoms with Gasteiger partial charge in [-0.15, -0.1) is 0 Å². The van der Waals surface area contributed by atoms with E-state index in [1.165, 1.54) is 37.1 Å². The van der Waals surface area contributed by atoms with Gasteiger partial charge in [0.25, 0.3) is 0 Å². The molecule has 2 nitrogen and oxygen atoms in total. The van der Waals surface area contributed by atoms with Crippen molar-refractivity contribution in [3.63, 3.8) is 0 Å². The third-order valence-electron chi connectivity index (χ3n) is 3.60. The topological polar surface area (TPSA) is 29.3 Å². The van der Waals surface area contributed by atoms with Crippen LogP contribution in [-0.2, 0) is 6.54 Å². The Morgan fingerprint density at radius 2 is 2.06 bits per heavy atom. The zero-order valence-corrected chi connectivity index (χ0v) is 11.0. The van der Waals surface area contributed by atoms with Crippen molar-refractivity contribution >= 4 is 0 Å². The van der Waals surface area contributed by atoms with Gasteiger partial charge < -0.3 is 5.73 Å². The third kappa shape index (κ3) is 3.83. The molecule has 1 heterocycles. The van der Waals surface area contributed by atoms with Crippen molar-refractivity contribution < 1.29 is 0 Å². The second kappa shape index (κ2) is 5.65. The van der Waals surface area contributed by atoms with E-state index in [1.807, 2.05) is 0 Å². The van der Waals surface area contributed by atoms with Gasteiger partial charge in [-0.25, -0.2) is 0 Å². The van der Waals surface area contributed by atoms with E-state index in [-0.39, 0.29) is 0 Å². The Labute approximate surface area is 105 Å². The minimum atomic E-state index is 0.347. The van der Waals surface area contributed by atoms with E-state index >= 15 is 0 Å². The minimum absolute atomic E-state index is 0.347. The average Bonchev–Trinajstić information content (AvgIpc) is 2.68. The van der Waals surface area contributed by atoms with E-state index in [0.717, 1.165) is 12.5 Å². The molecule has 2 unspecified atom stereocenters. The molecule has 94 valence electrons. The second-order valence-corrected chi connectivity index (χ2v) is 5.59. The molecule has 1 aromatic rings. The molecule has 0 radical (unpaired) electrons. The van der Waals surface area contributed by atoms with Crippen molar-refractivity contribution in [2.45, 2.75) is 39.3 Å². The van der Waals surface area contributed by atoms with Gasteiger partial charge in [0, 0.05) is 19.1 Å². The molecule has 1 saturated heterocycles. The Kier molecular flexibility index (Phi) is 4.19. The molecule has 2 rings (SSSR count). The number of aryl methyl sites for hydroxylation is 1. The van der Waals surface area contributed by atoms with E-state index in [2.05, 4.69) is 43.0 Å². The van der Waals surface area contributed by atoms with Gasteiger partial charge in [0.15, 0.2) is 0 Å². The van der Waals surface area contributed by atoms with Gasteiger partial charge in [-0.1, -0.05) is 29.8 Å². The van der Waals surface area contributed by atoms with Crippen molar-refractivity contribution in [3.8, 4) is 0 Å². The molecule has 0 amide bonds. The number of hydrogen-bond acceptors (Lipinski definition) is 2. The molecule has 0 spiro atoms. The summed E-state index contributed by atoms with van der Waals surface area (Å²) < 4.78 is 0. The maximum absolute atomic E-state index is 5.87. The summed E-state index contributed by atoms with van der Waals surface area (Å²) in [4.78, 5) is 2.55. The SMILES string of the molecule is Cc1ccc(CN2CCC(CC(C)N)C2)cc1. The molecule has 2 N–H and O–H groups in total. The Morgan fingerprint density at radius 1 is 1.35 bits per heavy atom.